The maximum Gasteiger partial charge on any atom is 0.342 e. The molecule has 0 bridgehead atoms. The van der Waals surface area contributed by atoms with E-state index in [2.05, 4.69) is 29.1 Å². The van der Waals surface area contributed by atoms with Gasteiger partial charge in [-0.2, -0.15) is 5.10 Å². The Bertz CT molecular complexity index is 776. The van der Waals surface area contributed by atoms with E-state index in [1.54, 1.807) is 4.68 Å². The van der Waals surface area contributed by atoms with Crippen molar-refractivity contribution in [1.29, 1.82) is 0 Å². The van der Waals surface area contributed by atoms with Crippen molar-refractivity contribution < 1.29 is 14.3 Å². The number of aromatic nitrogens is 2. The quantitative estimate of drug-likeness (QED) is 0.799. The number of nitrogens with zero attached hydrogens (tertiary/aromatic N) is 3. The first kappa shape index (κ1) is 17.5. The molecule has 0 atom stereocenters. The second-order valence-corrected chi connectivity index (χ2v) is 6.47. The second-order valence-electron chi connectivity index (χ2n) is 6.47. The van der Waals surface area contributed by atoms with E-state index in [-0.39, 0.29) is 12.6 Å². The molecule has 1 fully saturated rings. The van der Waals surface area contributed by atoms with Crippen LogP contribution in [0.2, 0.25) is 0 Å². The number of carbonyl (C=O) groups excluding carboxylic acids is 1. The molecule has 1 saturated heterocycles. The molecule has 25 heavy (non-hydrogen) atoms. The molecular weight excluding hydrogens is 318 g/mol. The average Bonchev–Trinajstić information content (AvgIpc) is 2.86. The molecule has 0 unspecified atom stereocenters. The number of anilines is 1. The Morgan fingerprint density at radius 2 is 1.96 bits per heavy atom. The highest BCUT2D eigenvalue weighted by Gasteiger charge is 2.19. The summed E-state index contributed by atoms with van der Waals surface area (Å²) < 4.78 is 12.6. The Kier molecular flexibility index (Phi) is 5.08. The van der Waals surface area contributed by atoms with Gasteiger partial charge in [-0.25, -0.2) is 4.79 Å². The summed E-state index contributed by atoms with van der Waals surface area (Å²) in [7, 11) is 1.83. The van der Waals surface area contributed by atoms with E-state index < -0.39 is 0 Å². The molecule has 6 heteroatoms. The van der Waals surface area contributed by atoms with E-state index in [0.717, 1.165) is 37.6 Å². The van der Waals surface area contributed by atoms with Gasteiger partial charge in [0.05, 0.1) is 18.9 Å². The molecule has 0 N–H and O–H groups in total. The van der Waals surface area contributed by atoms with Crippen LogP contribution in [0.15, 0.2) is 18.2 Å². The van der Waals surface area contributed by atoms with Crippen molar-refractivity contribution >= 4 is 11.7 Å². The summed E-state index contributed by atoms with van der Waals surface area (Å²) in [5, 5.41) is 4.26. The van der Waals surface area contributed by atoms with Crippen LogP contribution in [0.1, 0.15) is 32.9 Å². The SMILES string of the molecule is Cc1cc(COC(=O)c2c(C)nn(C)c2C)ccc1N1CCOCC1. The van der Waals surface area contributed by atoms with E-state index >= 15 is 0 Å². The lowest BCUT2D eigenvalue weighted by molar-refractivity contribution is 0.0471. The zero-order valence-electron chi connectivity index (χ0n) is 15.3. The fourth-order valence-corrected chi connectivity index (χ4v) is 3.26. The van der Waals surface area contributed by atoms with Gasteiger partial charge in [0.15, 0.2) is 0 Å². The molecule has 1 aliphatic rings. The van der Waals surface area contributed by atoms with Crippen LogP contribution in [-0.4, -0.2) is 42.1 Å². The van der Waals surface area contributed by atoms with Crippen LogP contribution in [0.5, 0.6) is 0 Å². The maximum atomic E-state index is 12.4. The Morgan fingerprint density at radius 1 is 1.24 bits per heavy atom. The monoisotopic (exact) mass is 343 g/mol. The average molecular weight is 343 g/mol. The van der Waals surface area contributed by atoms with Gasteiger partial charge in [0.2, 0.25) is 0 Å². The first-order valence-electron chi connectivity index (χ1n) is 8.57. The highest BCUT2D eigenvalue weighted by Crippen LogP contribution is 2.23. The number of morpholine rings is 1. The smallest absolute Gasteiger partial charge is 0.342 e. The summed E-state index contributed by atoms with van der Waals surface area (Å²) in [4.78, 5) is 14.7. The van der Waals surface area contributed by atoms with Crippen LogP contribution < -0.4 is 4.90 Å². The zero-order chi connectivity index (χ0) is 18.0. The molecule has 2 heterocycles. The van der Waals surface area contributed by atoms with Crippen LogP contribution in [0.3, 0.4) is 0 Å². The largest absolute Gasteiger partial charge is 0.457 e. The van der Waals surface area contributed by atoms with E-state index in [4.69, 9.17) is 9.47 Å². The zero-order valence-corrected chi connectivity index (χ0v) is 15.3. The Morgan fingerprint density at radius 3 is 2.56 bits per heavy atom. The number of benzene rings is 1. The van der Waals surface area contributed by atoms with Gasteiger partial charge in [0.25, 0.3) is 0 Å². The highest BCUT2D eigenvalue weighted by molar-refractivity contribution is 5.91. The fourth-order valence-electron chi connectivity index (χ4n) is 3.26. The van der Waals surface area contributed by atoms with Crippen molar-refractivity contribution in [1.82, 2.24) is 9.78 Å². The molecule has 1 aromatic carbocycles. The Labute approximate surface area is 148 Å². The minimum atomic E-state index is -0.321. The van der Waals surface area contributed by atoms with Crippen molar-refractivity contribution in [2.24, 2.45) is 7.05 Å². The van der Waals surface area contributed by atoms with Gasteiger partial charge in [-0.3, -0.25) is 4.68 Å². The summed E-state index contributed by atoms with van der Waals surface area (Å²) in [6.07, 6.45) is 0. The summed E-state index contributed by atoms with van der Waals surface area (Å²) in [5.41, 5.74) is 5.47. The fraction of sp³-hybridized carbons (Fsp3) is 0.474. The van der Waals surface area contributed by atoms with Crippen LogP contribution >= 0.6 is 0 Å². The minimum Gasteiger partial charge on any atom is -0.457 e. The summed E-state index contributed by atoms with van der Waals surface area (Å²) in [6.45, 7) is 9.40. The predicted octanol–water partition coefficient (Wildman–Crippen LogP) is 2.54. The van der Waals surface area contributed by atoms with Gasteiger partial charge in [0, 0.05) is 31.5 Å². The molecule has 3 rings (SSSR count). The van der Waals surface area contributed by atoms with Gasteiger partial charge >= 0.3 is 5.97 Å². The molecule has 0 aliphatic carbocycles. The van der Waals surface area contributed by atoms with E-state index in [0.29, 0.717) is 11.3 Å². The number of esters is 1. The Hall–Kier alpha value is -2.34. The Balaban J connectivity index is 1.67. The number of hydrogen-bond donors (Lipinski definition) is 0. The summed E-state index contributed by atoms with van der Waals surface area (Å²) in [5.74, 6) is -0.321. The third-order valence-corrected chi connectivity index (χ3v) is 4.70. The standard InChI is InChI=1S/C19H25N3O3/c1-13-11-16(5-6-17(13)22-7-9-24-10-8-22)12-25-19(23)18-14(2)20-21(4)15(18)3/h5-6,11H,7-10,12H2,1-4H3. The van der Waals surface area contributed by atoms with Crippen molar-refractivity contribution in [3.05, 3.63) is 46.3 Å². The van der Waals surface area contributed by atoms with Crippen molar-refractivity contribution in [3.8, 4) is 0 Å². The van der Waals surface area contributed by atoms with Crippen LogP contribution in [0.4, 0.5) is 5.69 Å². The second kappa shape index (κ2) is 7.27. The first-order valence-corrected chi connectivity index (χ1v) is 8.57. The van der Waals surface area contributed by atoms with Crippen molar-refractivity contribution in [3.63, 3.8) is 0 Å². The highest BCUT2D eigenvalue weighted by atomic mass is 16.5. The molecule has 0 amide bonds. The first-order chi connectivity index (χ1) is 12.0. The van der Waals surface area contributed by atoms with Gasteiger partial charge < -0.3 is 14.4 Å². The lowest BCUT2D eigenvalue weighted by Gasteiger charge is -2.30. The molecule has 2 aromatic rings. The maximum absolute atomic E-state index is 12.4. The van der Waals surface area contributed by atoms with Crippen LogP contribution in [0.25, 0.3) is 0 Å². The number of aryl methyl sites for hydroxylation is 3. The molecule has 1 aromatic heterocycles. The van der Waals surface area contributed by atoms with Gasteiger partial charge in [-0.1, -0.05) is 12.1 Å². The van der Waals surface area contributed by atoms with E-state index in [9.17, 15) is 4.79 Å². The molecule has 6 nitrogen and oxygen atoms in total. The predicted molar refractivity (Wildman–Crippen MR) is 96.0 cm³/mol. The number of ether oxygens (including phenoxy) is 2. The van der Waals surface area contributed by atoms with Gasteiger partial charge in [-0.15, -0.1) is 0 Å². The lowest BCUT2D eigenvalue weighted by atomic mass is 10.1. The van der Waals surface area contributed by atoms with Crippen LogP contribution in [-0.2, 0) is 23.1 Å². The third kappa shape index (κ3) is 3.69. The summed E-state index contributed by atoms with van der Waals surface area (Å²) in [6, 6.07) is 6.21. The topological polar surface area (TPSA) is 56.6 Å². The van der Waals surface area contributed by atoms with E-state index in [1.165, 1.54) is 11.3 Å². The number of carbonyl (C=O) groups is 1. The van der Waals surface area contributed by atoms with Gasteiger partial charge in [-0.05, 0) is 38.0 Å². The van der Waals surface area contributed by atoms with E-state index in [1.807, 2.05) is 27.0 Å². The van der Waals surface area contributed by atoms with Crippen LogP contribution in [0, 0.1) is 20.8 Å². The summed E-state index contributed by atoms with van der Waals surface area (Å²) >= 11 is 0. The number of hydrogen-bond acceptors (Lipinski definition) is 5. The number of rotatable bonds is 4. The molecule has 0 saturated carbocycles. The third-order valence-electron chi connectivity index (χ3n) is 4.70. The molecule has 1 aliphatic heterocycles. The molecule has 0 spiro atoms. The van der Waals surface area contributed by atoms with Crippen molar-refractivity contribution in [2.75, 3.05) is 31.2 Å². The molecule has 134 valence electrons. The minimum absolute atomic E-state index is 0.261. The lowest BCUT2D eigenvalue weighted by Crippen LogP contribution is -2.36. The van der Waals surface area contributed by atoms with Crippen molar-refractivity contribution in [2.45, 2.75) is 27.4 Å². The van der Waals surface area contributed by atoms with Gasteiger partial charge in [0.1, 0.15) is 12.2 Å². The normalized spacial score (nSPS) is 14.6. The molecular formula is C19H25N3O3. The molecule has 0 radical (unpaired) electrons.